The third kappa shape index (κ3) is 3.33. The number of hydrogen-bond acceptors (Lipinski definition) is 7. The van der Waals surface area contributed by atoms with Gasteiger partial charge in [0.1, 0.15) is 5.01 Å². The zero-order chi connectivity index (χ0) is 14.5. The number of nitrogens with zero attached hydrogens (tertiary/aromatic N) is 3. The van der Waals surface area contributed by atoms with Gasteiger partial charge >= 0.3 is 0 Å². The van der Waals surface area contributed by atoms with Crippen molar-refractivity contribution >= 4 is 23.2 Å². The fourth-order valence-corrected chi connectivity index (χ4v) is 2.35. The quantitative estimate of drug-likeness (QED) is 0.559. The number of aromatic nitrogens is 2. The smallest absolute Gasteiger partial charge is 0.181 e. The van der Waals surface area contributed by atoms with Crippen molar-refractivity contribution in [1.29, 1.82) is 0 Å². The molecule has 6 nitrogen and oxygen atoms in total. The van der Waals surface area contributed by atoms with E-state index < -0.39 is 0 Å². The molecule has 0 aliphatic heterocycles. The maximum Gasteiger partial charge on any atom is 0.181 e. The first-order chi connectivity index (χ1) is 10.3. The van der Waals surface area contributed by atoms with E-state index in [9.17, 15) is 0 Å². The highest BCUT2D eigenvalue weighted by Crippen LogP contribution is 2.20. The number of aliphatic hydroxyl groups is 1. The van der Waals surface area contributed by atoms with E-state index in [1.807, 2.05) is 24.3 Å². The second-order valence-electron chi connectivity index (χ2n) is 4.15. The molecule has 3 aromatic rings. The minimum Gasteiger partial charge on any atom is -0.444 e. The van der Waals surface area contributed by atoms with Crippen LogP contribution in [0.5, 0.6) is 0 Å². The largest absolute Gasteiger partial charge is 0.444 e. The summed E-state index contributed by atoms with van der Waals surface area (Å²) in [5.74, 6) is 0.726. The molecule has 0 unspecified atom stereocenters. The molecule has 2 N–H and O–H groups in total. The monoisotopic (exact) mass is 300 g/mol. The van der Waals surface area contributed by atoms with Crippen LogP contribution < -0.4 is 5.43 Å². The van der Waals surface area contributed by atoms with Gasteiger partial charge in [0.2, 0.25) is 0 Å². The Bertz CT molecular complexity index is 720. The van der Waals surface area contributed by atoms with E-state index in [-0.39, 0.29) is 6.61 Å². The van der Waals surface area contributed by atoms with Crippen LogP contribution in [0.1, 0.15) is 10.7 Å². The predicted molar refractivity (Wildman–Crippen MR) is 81.2 cm³/mol. The molecule has 2 aromatic heterocycles. The fourth-order valence-electron chi connectivity index (χ4n) is 1.68. The van der Waals surface area contributed by atoms with Gasteiger partial charge < -0.3 is 9.52 Å². The molecule has 0 atom stereocenters. The summed E-state index contributed by atoms with van der Waals surface area (Å²) in [4.78, 5) is 8.05. The van der Waals surface area contributed by atoms with Crippen molar-refractivity contribution in [3.63, 3.8) is 0 Å². The number of thiazole rings is 1. The van der Waals surface area contributed by atoms with Crippen molar-refractivity contribution in [1.82, 2.24) is 9.97 Å². The molecule has 1 aromatic carbocycles. The third-order valence-electron chi connectivity index (χ3n) is 2.70. The zero-order valence-corrected chi connectivity index (χ0v) is 11.7. The highest BCUT2D eigenvalue weighted by molar-refractivity contribution is 7.11. The van der Waals surface area contributed by atoms with Gasteiger partial charge in [0.05, 0.1) is 30.4 Å². The topological polar surface area (TPSA) is 83.5 Å². The second kappa shape index (κ2) is 6.29. The lowest BCUT2D eigenvalue weighted by atomic mass is 10.2. The van der Waals surface area contributed by atoms with Gasteiger partial charge in [0.25, 0.3) is 0 Å². The van der Waals surface area contributed by atoms with Crippen LogP contribution in [0.2, 0.25) is 0 Å². The van der Waals surface area contributed by atoms with E-state index in [1.165, 1.54) is 17.7 Å². The highest BCUT2D eigenvalue weighted by Gasteiger charge is 2.01. The molecule has 0 saturated heterocycles. The van der Waals surface area contributed by atoms with E-state index in [1.54, 1.807) is 17.8 Å². The van der Waals surface area contributed by atoms with Crippen molar-refractivity contribution in [2.75, 3.05) is 5.43 Å². The van der Waals surface area contributed by atoms with E-state index in [2.05, 4.69) is 20.5 Å². The van der Waals surface area contributed by atoms with E-state index in [4.69, 9.17) is 9.52 Å². The summed E-state index contributed by atoms with van der Waals surface area (Å²) in [6, 6.07) is 7.64. The van der Waals surface area contributed by atoms with Crippen molar-refractivity contribution in [3.05, 3.63) is 52.9 Å². The Morgan fingerprint density at radius 1 is 1.33 bits per heavy atom. The minimum atomic E-state index is -0.0547. The lowest BCUT2D eigenvalue weighted by Gasteiger charge is -2.00. The second-order valence-corrected chi connectivity index (χ2v) is 5.04. The van der Waals surface area contributed by atoms with E-state index in [0.29, 0.717) is 5.69 Å². The van der Waals surface area contributed by atoms with Crippen LogP contribution in [0, 0.1) is 0 Å². The van der Waals surface area contributed by atoms with Crippen LogP contribution in [0.25, 0.3) is 11.3 Å². The van der Waals surface area contributed by atoms with Crippen LogP contribution in [0.4, 0.5) is 5.69 Å². The van der Waals surface area contributed by atoms with Crippen LogP contribution in [-0.4, -0.2) is 21.3 Å². The number of hydrogen-bond donors (Lipinski definition) is 2. The van der Waals surface area contributed by atoms with Gasteiger partial charge in [0, 0.05) is 10.9 Å². The number of nitrogens with one attached hydrogen (secondary N) is 1. The molecule has 7 heteroatoms. The van der Waals surface area contributed by atoms with Crippen LogP contribution in [-0.2, 0) is 6.61 Å². The van der Waals surface area contributed by atoms with Crippen molar-refractivity contribution < 1.29 is 9.52 Å². The standard InChI is InChI=1S/C14H12N4O2S/c19-7-12-8-21-14(17-12)6-16-18-11-3-1-10(2-4-11)13-5-15-9-20-13/h1-6,8-9,18-19H,7H2. The Hall–Kier alpha value is -2.51. The molecule has 0 amide bonds. The van der Waals surface area contributed by atoms with Crippen molar-refractivity contribution in [2.24, 2.45) is 5.10 Å². The van der Waals surface area contributed by atoms with Gasteiger partial charge in [-0.2, -0.15) is 5.10 Å². The molecule has 0 spiro atoms. The van der Waals surface area contributed by atoms with Gasteiger partial charge in [0.15, 0.2) is 12.2 Å². The van der Waals surface area contributed by atoms with Gasteiger partial charge in [-0.15, -0.1) is 11.3 Å². The summed E-state index contributed by atoms with van der Waals surface area (Å²) in [5, 5.41) is 15.6. The summed E-state index contributed by atoms with van der Waals surface area (Å²) < 4.78 is 5.22. The molecule has 21 heavy (non-hydrogen) atoms. The molecular weight excluding hydrogens is 288 g/mol. The number of hydrazone groups is 1. The Labute approximate surface area is 124 Å². The van der Waals surface area contributed by atoms with Gasteiger partial charge in [-0.3, -0.25) is 5.43 Å². The molecule has 2 heterocycles. The Balaban J connectivity index is 1.63. The zero-order valence-electron chi connectivity index (χ0n) is 10.9. The minimum absolute atomic E-state index is 0.0547. The van der Waals surface area contributed by atoms with Gasteiger partial charge in [-0.25, -0.2) is 9.97 Å². The van der Waals surface area contributed by atoms with E-state index in [0.717, 1.165) is 22.0 Å². The lowest BCUT2D eigenvalue weighted by molar-refractivity contribution is 0.277. The Kier molecular flexibility index (Phi) is 4.04. The summed E-state index contributed by atoms with van der Waals surface area (Å²) in [6.45, 7) is -0.0547. The first kappa shape index (κ1) is 13.5. The number of aliphatic hydroxyl groups excluding tert-OH is 1. The third-order valence-corrected chi connectivity index (χ3v) is 3.53. The number of oxazole rings is 1. The Morgan fingerprint density at radius 3 is 2.86 bits per heavy atom. The highest BCUT2D eigenvalue weighted by atomic mass is 32.1. The summed E-state index contributed by atoms with van der Waals surface area (Å²) in [6.07, 6.45) is 4.69. The molecule has 0 fully saturated rings. The normalized spacial score (nSPS) is 11.1. The maximum absolute atomic E-state index is 8.93. The van der Waals surface area contributed by atoms with Crippen LogP contribution in [0.3, 0.4) is 0 Å². The molecule has 106 valence electrons. The average Bonchev–Trinajstić information content (AvgIpc) is 3.19. The molecule has 0 aliphatic carbocycles. The summed E-state index contributed by atoms with van der Waals surface area (Å²) in [5.41, 5.74) is 5.38. The summed E-state index contributed by atoms with van der Waals surface area (Å²) >= 11 is 1.43. The summed E-state index contributed by atoms with van der Waals surface area (Å²) in [7, 11) is 0. The van der Waals surface area contributed by atoms with Gasteiger partial charge in [-0.1, -0.05) is 0 Å². The van der Waals surface area contributed by atoms with Crippen LogP contribution >= 0.6 is 11.3 Å². The molecular formula is C14H12N4O2S. The number of benzene rings is 1. The molecule has 0 aliphatic rings. The number of anilines is 1. The molecule has 3 rings (SSSR count). The Morgan fingerprint density at radius 2 is 2.19 bits per heavy atom. The van der Waals surface area contributed by atoms with E-state index >= 15 is 0 Å². The maximum atomic E-state index is 8.93. The predicted octanol–water partition coefficient (Wildman–Crippen LogP) is 2.74. The molecule has 0 saturated carbocycles. The molecule has 0 bridgehead atoms. The SMILES string of the molecule is OCc1csc(C=NNc2ccc(-c3cnco3)cc2)n1. The first-order valence-electron chi connectivity index (χ1n) is 6.18. The van der Waals surface area contributed by atoms with Crippen molar-refractivity contribution in [3.8, 4) is 11.3 Å². The number of rotatable bonds is 5. The van der Waals surface area contributed by atoms with Crippen LogP contribution in [0.15, 0.2) is 51.8 Å². The van der Waals surface area contributed by atoms with Gasteiger partial charge in [-0.05, 0) is 24.3 Å². The fraction of sp³-hybridized carbons (Fsp3) is 0.0714. The first-order valence-corrected chi connectivity index (χ1v) is 7.06. The molecule has 0 radical (unpaired) electrons. The lowest BCUT2D eigenvalue weighted by Crippen LogP contribution is -1.91. The average molecular weight is 300 g/mol. The van der Waals surface area contributed by atoms with Crippen molar-refractivity contribution in [2.45, 2.75) is 6.61 Å².